The largest absolute Gasteiger partial charge is 0.396 e. The van der Waals surface area contributed by atoms with E-state index < -0.39 is 0 Å². The normalized spacial score (nSPS) is 11.1. The minimum atomic E-state index is 0.341. The van der Waals surface area contributed by atoms with Crippen molar-refractivity contribution in [3.8, 4) is 5.13 Å². The van der Waals surface area contributed by atoms with Crippen LogP contribution in [0.15, 0.2) is 12.4 Å². The summed E-state index contributed by atoms with van der Waals surface area (Å²) in [6.07, 6.45) is 3.32. The summed E-state index contributed by atoms with van der Waals surface area (Å²) in [5, 5.41) is 4.81. The molecule has 2 aromatic heterocycles. The van der Waals surface area contributed by atoms with E-state index in [1.807, 2.05) is 0 Å². The van der Waals surface area contributed by atoms with E-state index in [0.717, 1.165) is 11.0 Å². The van der Waals surface area contributed by atoms with Crippen LogP contribution in [-0.4, -0.2) is 19.1 Å². The summed E-state index contributed by atoms with van der Waals surface area (Å²) >= 11 is 1.33. The number of nitrogens with two attached hydrogens (primary N) is 1. The van der Waals surface area contributed by atoms with Crippen LogP contribution in [0.3, 0.4) is 0 Å². The first-order valence-corrected chi connectivity index (χ1v) is 5.08. The van der Waals surface area contributed by atoms with Crippen molar-refractivity contribution in [2.75, 3.05) is 5.73 Å². The number of hydrogen-bond donors (Lipinski definition) is 1. The summed E-state index contributed by atoms with van der Waals surface area (Å²) in [5.74, 6) is 1.19. The highest BCUT2D eigenvalue weighted by Crippen LogP contribution is 2.16. The van der Waals surface area contributed by atoms with Crippen molar-refractivity contribution in [3.05, 3.63) is 18.2 Å². The number of aromatic nitrogens is 4. The van der Waals surface area contributed by atoms with Gasteiger partial charge in [-0.15, -0.1) is 0 Å². The van der Waals surface area contributed by atoms with Crippen molar-refractivity contribution < 1.29 is 0 Å². The molecule has 74 valence electrons. The molecule has 0 aliphatic rings. The van der Waals surface area contributed by atoms with Crippen molar-refractivity contribution in [3.63, 3.8) is 0 Å². The molecule has 0 aliphatic heterocycles. The van der Waals surface area contributed by atoms with Gasteiger partial charge in [-0.1, -0.05) is 13.8 Å². The summed E-state index contributed by atoms with van der Waals surface area (Å²) in [7, 11) is 0. The van der Waals surface area contributed by atoms with Gasteiger partial charge in [0, 0.05) is 17.5 Å². The van der Waals surface area contributed by atoms with Gasteiger partial charge in [-0.25, -0.2) is 9.67 Å². The third-order valence-corrected chi connectivity index (χ3v) is 2.47. The lowest BCUT2D eigenvalue weighted by molar-refractivity contribution is 0.781. The van der Waals surface area contributed by atoms with Crippen LogP contribution in [0.4, 0.5) is 5.69 Å². The Morgan fingerprint density at radius 2 is 2.29 bits per heavy atom. The first-order valence-electron chi connectivity index (χ1n) is 4.31. The van der Waals surface area contributed by atoms with E-state index >= 15 is 0 Å². The molecule has 14 heavy (non-hydrogen) atoms. The van der Waals surface area contributed by atoms with Crippen LogP contribution in [0, 0.1) is 0 Å². The molecule has 0 radical (unpaired) electrons. The molecule has 2 heterocycles. The standard InChI is InChI=1S/C8H11N5S/c1-5(2)7-11-8(14-12-7)13-4-6(9)3-10-13/h3-5H,9H2,1-2H3. The van der Waals surface area contributed by atoms with Crippen molar-refractivity contribution >= 4 is 17.2 Å². The third-order valence-electron chi connectivity index (χ3n) is 1.75. The van der Waals surface area contributed by atoms with Gasteiger partial charge < -0.3 is 5.73 Å². The van der Waals surface area contributed by atoms with Crippen LogP contribution in [0.1, 0.15) is 25.6 Å². The van der Waals surface area contributed by atoms with E-state index in [2.05, 4.69) is 28.3 Å². The summed E-state index contributed by atoms with van der Waals surface area (Å²) in [4.78, 5) is 4.35. The van der Waals surface area contributed by atoms with Gasteiger partial charge in [-0.2, -0.15) is 9.47 Å². The Morgan fingerprint density at radius 3 is 2.79 bits per heavy atom. The monoisotopic (exact) mass is 209 g/mol. The second kappa shape index (κ2) is 3.38. The summed E-state index contributed by atoms with van der Waals surface area (Å²) in [5.41, 5.74) is 6.19. The van der Waals surface area contributed by atoms with E-state index in [-0.39, 0.29) is 0 Å². The van der Waals surface area contributed by atoms with Gasteiger partial charge in [0.25, 0.3) is 0 Å². The lowest BCUT2D eigenvalue weighted by atomic mass is 10.2. The maximum atomic E-state index is 5.56. The van der Waals surface area contributed by atoms with Crippen molar-refractivity contribution in [1.82, 2.24) is 19.1 Å². The second-order valence-electron chi connectivity index (χ2n) is 3.31. The van der Waals surface area contributed by atoms with Gasteiger partial charge in [-0.3, -0.25) is 0 Å². The molecule has 6 heteroatoms. The smallest absolute Gasteiger partial charge is 0.230 e. The van der Waals surface area contributed by atoms with Crippen LogP contribution in [0.25, 0.3) is 5.13 Å². The fraction of sp³-hybridized carbons (Fsp3) is 0.375. The Labute approximate surface area is 85.8 Å². The third kappa shape index (κ3) is 1.60. The van der Waals surface area contributed by atoms with Crippen LogP contribution in [0.5, 0.6) is 0 Å². The number of anilines is 1. The molecule has 0 aromatic carbocycles. The molecular weight excluding hydrogens is 198 g/mol. The zero-order valence-electron chi connectivity index (χ0n) is 8.01. The molecule has 0 saturated carbocycles. The average Bonchev–Trinajstić information content (AvgIpc) is 2.70. The highest BCUT2D eigenvalue weighted by molar-refractivity contribution is 7.08. The zero-order valence-corrected chi connectivity index (χ0v) is 8.82. The van der Waals surface area contributed by atoms with Crippen LogP contribution in [0.2, 0.25) is 0 Å². The first kappa shape index (κ1) is 9.14. The second-order valence-corrected chi connectivity index (χ2v) is 4.04. The molecule has 2 aromatic rings. The molecule has 5 nitrogen and oxygen atoms in total. The summed E-state index contributed by atoms with van der Waals surface area (Å²) < 4.78 is 5.87. The minimum Gasteiger partial charge on any atom is -0.396 e. The topological polar surface area (TPSA) is 69.6 Å². The minimum absolute atomic E-state index is 0.341. The lowest BCUT2D eigenvalue weighted by Gasteiger charge is -1.94. The quantitative estimate of drug-likeness (QED) is 0.812. The Bertz CT molecular complexity index is 430. The number of rotatable bonds is 2. The SMILES string of the molecule is CC(C)c1nsc(-n2cc(N)cn2)n1. The maximum Gasteiger partial charge on any atom is 0.230 e. The van der Waals surface area contributed by atoms with Gasteiger partial charge >= 0.3 is 0 Å². The number of hydrogen-bond acceptors (Lipinski definition) is 5. The highest BCUT2D eigenvalue weighted by Gasteiger charge is 2.09. The Balaban J connectivity index is 2.33. The fourth-order valence-electron chi connectivity index (χ4n) is 0.995. The van der Waals surface area contributed by atoms with Gasteiger partial charge in [0.2, 0.25) is 5.13 Å². The predicted molar refractivity (Wildman–Crippen MR) is 55.5 cm³/mol. The molecular formula is C8H11N5S. The molecule has 0 aliphatic carbocycles. The van der Waals surface area contributed by atoms with E-state index in [1.165, 1.54) is 11.5 Å². The molecule has 0 spiro atoms. The predicted octanol–water partition coefficient (Wildman–Crippen LogP) is 1.43. The van der Waals surface area contributed by atoms with Gasteiger partial charge in [0.15, 0.2) is 0 Å². The van der Waals surface area contributed by atoms with Gasteiger partial charge in [-0.05, 0) is 0 Å². The van der Waals surface area contributed by atoms with E-state index in [9.17, 15) is 0 Å². The van der Waals surface area contributed by atoms with Crippen molar-refractivity contribution in [2.24, 2.45) is 0 Å². The molecule has 0 amide bonds. The van der Waals surface area contributed by atoms with Crippen molar-refractivity contribution in [2.45, 2.75) is 19.8 Å². The Morgan fingerprint density at radius 1 is 1.50 bits per heavy atom. The average molecular weight is 209 g/mol. The summed E-state index contributed by atoms with van der Waals surface area (Å²) in [6, 6.07) is 0. The Kier molecular flexibility index (Phi) is 2.20. The van der Waals surface area contributed by atoms with E-state index in [4.69, 9.17) is 5.73 Å². The van der Waals surface area contributed by atoms with Gasteiger partial charge in [0.05, 0.1) is 18.1 Å². The molecule has 2 rings (SSSR count). The number of nitrogen functional groups attached to an aromatic ring is 1. The molecule has 0 fully saturated rings. The van der Waals surface area contributed by atoms with Gasteiger partial charge in [0.1, 0.15) is 5.82 Å². The molecule has 0 atom stereocenters. The molecule has 0 unspecified atom stereocenters. The Hall–Kier alpha value is -1.43. The maximum absolute atomic E-state index is 5.56. The molecule has 2 N–H and O–H groups in total. The van der Waals surface area contributed by atoms with E-state index in [1.54, 1.807) is 17.1 Å². The van der Waals surface area contributed by atoms with E-state index in [0.29, 0.717) is 11.6 Å². The number of nitrogens with zero attached hydrogens (tertiary/aromatic N) is 4. The fourth-order valence-corrected chi connectivity index (χ4v) is 1.74. The molecule has 0 saturated heterocycles. The van der Waals surface area contributed by atoms with Crippen LogP contribution < -0.4 is 5.73 Å². The van der Waals surface area contributed by atoms with Crippen molar-refractivity contribution in [1.29, 1.82) is 0 Å². The van der Waals surface area contributed by atoms with Crippen LogP contribution in [-0.2, 0) is 0 Å². The lowest BCUT2D eigenvalue weighted by Crippen LogP contribution is -1.95. The van der Waals surface area contributed by atoms with Crippen LogP contribution >= 0.6 is 11.5 Å². The zero-order chi connectivity index (χ0) is 10.1. The highest BCUT2D eigenvalue weighted by atomic mass is 32.1. The summed E-state index contributed by atoms with van der Waals surface area (Å²) in [6.45, 7) is 4.12. The first-order chi connectivity index (χ1) is 6.66. The molecule has 0 bridgehead atoms.